The van der Waals surface area contributed by atoms with E-state index in [0.29, 0.717) is 24.0 Å². The first-order valence-corrected chi connectivity index (χ1v) is 7.06. The van der Waals surface area contributed by atoms with Gasteiger partial charge in [-0.05, 0) is 36.6 Å². The molecule has 0 aliphatic heterocycles. The zero-order chi connectivity index (χ0) is 15.9. The lowest BCUT2D eigenvalue weighted by atomic mass is 9.93. The molecule has 114 valence electrons. The van der Waals surface area contributed by atoms with Gasteiger partial charge in [-0.2, -0.15) is 0 Å². The minimum Gasteiger partial charge on any atom is -0.508 e. The van der Waals surface area contributed by atoms with Crippen molar-refractivity contribution >= 4 is 12.3 Å². The van der Waals surface area contributed by atoms with Crippen LogP contribution in [-0.2, 0) is 16.0 Å². The summed E-state index contributed by atoms with van der Waals surface area (Å²) in [6.07, 6.45) is 2.13. The number of carbonyl (C=O) groups excluding carboxylic acids is 2. The smallest absolute Gasteiger partial charge is 0.337 e. The van der Waals surface area contributed by atoms with Crippen LogP contribution in [0.15, 0.2) is 48.5 Å². The van der Waals surface area contributed by atoms with Gasteiger partial charge in [0.1, 0.15) is 12.0 Å². The Bertz CT molecular complexity index is 646. The van der Waals surface area contributed by atoms with Gasteiger partial charge in [-0.1, -0.05) is 30.3 Å². The normalized spacial score (nSPS) is 11.7. The molecule has 1 unspecified atom stereocenters. The van der Waals surface area contributed by atoms with Crippen molar-refractivity contribution in [2.45, 2.75) is 18.8 Å². The molecule has 0 heterocycles. The van der Waals surface area contributed by atoms with Gasteiger partial charge in [0, 0.05) is 11.5 Å². The van der Waals surface area contributed by atoms with Gasteiger partial charge < -0.3 is 14.6 Å². The minimum absolute atomic E-state index is 0.139. The number of benzene rings is 2. The van der Waals surface area contributed by atoms with E-state index < -0.39 is 0 Å². The number of ether oxygens (including phenoxy) is 1. The van der Waals surface area contributed by atoms with Crippen LogP contribution < -0.4 is 0 Å². The van der Waals surface area contributed by atoms with Crippen LogP contribution in [0.1, 0.15) is 33.8 Å². The summed E-state index contributed by atoms with van der Waals surface area (Å²) < 4.78 is 4.65. The van der Waals surface area contributed by atoms with Crippen LogP contribution in [-0.4, -0.2) is 24.5 Å². The van der Waals surface area contributed by atoms with E-state index in [9.17, 15) is 14.7 Å². The van der Waals surface area contributed by atoms with E-state index in [1.54, 1.807) is 36.4 Å². The van der Waals surface area contributed by atoms with Crippen LogP contribution in [0, 0.1) is 0 Å². The maximum atomic E-state index is 11.4. The summed E-state index contributed by atoms with van der Waals surface area (Å²) in [5, 5.41) is 9.82. The molecule has 0 fully saturated rings. The third-order valence-electron chi connectivity index (χ3n) is 3.62. The Morgan fingerprint density at radius 1 is 1.18 bits per heavy atom. The number of para-hydroxylation sites is 1. The van der Waals surface area contributed by atoms with Gasteiger partial charge in [0.05, 0.1) is 12.7 Å². The van der Waals surface area contributed by atoms with Crippen molar-refractivity contribution in [1.82, 2.24) is 0 Å². The standard InChI is InChI=1S/C18H18O4/c1-22-18(21)14-9-6-13(7-10-14)8-11-15(12-19)16-4-2-3-5-17(16)20/h2-7,9-10,12,15,20H,8,11H2,1H3. The number of phenolic OH excluding ortho intramolecular Hbond substituents is 1. The van der Waals surface area contributed by atoms with Gasteiger partial charge in [-0.25, -0.2) is 4.79 Å². The zero-order valence-electron chi connectivity index (χ0n) is 12.4. The molecule has 0 amide bonds. The Kier molecular flexibility index (Phi) is 5.31. The molecule has 0 spiro atoms. The molecule has 4 heteroatoms. The fraction of sp³-hybridized carbons (Fsp3) is 0.222. The number of hydrogen-bond acceptors (Lipinski definition) is 4. The molecule has 1 atom stereocenters. The molecule has 0 saturated heterocycles. The maximum Gasteiger partial charge on any atom is 0.337 e. The molecule has 4 nitrogen and oxygen atoms in total. The predicted octanol–water partition coefficient (Wildman–Crippen LogP) is 3.09. The number of rotatable bonds is 6. The summed E-state index contributed by atoms with van der Waals surface area (Å²) in [5.41, 5.74) is 2.16. The molecular weight excluding hydrogens is 280 g/mol. The maximum absolute atomic E-state index is 11.4. The largest absolute Gasteiger partial charge is 0.508 e. The highest BCUT2D eigenvalue weighted by Crippen LogP contribution is 2.27. The first kappa shape index (κ1) is 15.8. The van der Waals surface area contributed by atoms with E-state index in [2.05, 4.69) is 4.74 Å². The summed E-state index contributed by atoms with van der Waals surface area (Å²) in [5.74, 6) is -0.575. The van der Waals surface area contributed by atoms with E-state index in [1.807, 2.05) is 12.1 Å². The molecule has 1 N–H and O–H groups in total. The molecule has 22 heavy (non-hydrogen) atoms. The molecule has 0 aromatic heterocycles. The fourth-order valence-electron chi connectivity index (χ4n) is 2.35. The van der Waals surface area contributed by atoms with Crippen LogP contribution in [0.2, 0.25) is 0 Å². The number of esters is 1. The predicted molar refractivity (Wildman–Crippen MR) is 83.0 cm³/mol. The number of aromatic hydroxyl groups is 1. The quantitative estimate of drug-likeness (QED) is 0.657. The molecule has 0 radical (unpaired) electrons. The molecule has 2 aromatic carbocycles. The third-order valence-corrected chi connectivity index (χ3v) is 3.62. The van der Waals surface area contributed by atoms with Crippen LogP contribution >= 0.6 is 0 Å². The molecule has 0 aliphatic rings. The number of phenols is 1. The molecule has 2 rings (SSSR count). The SMILES string of the molecule is COC(=O)c1ccc(CCC(C=O)c2ccccc2O)cc1. The lowest BCUT2D eigenvalue weighted by Crippen LogP contribution is -2.04. The van der Waals surface area contributed by atoms with Gasteiger partial charge in [0.25, 0.3) is 0 Å². The van der Waals surface area contributed by atoms with Crippen LogP contribution in [0.5, 0.6) is 5.75 Å². The van der Waals surface area contributed by atoms with Crippen molar-refractivity contribution < 1.29 is 19.4 Å². The lowest BCUT2D eigenvalue weighted by molar-refractivity contribution is -0.109. The molecular formula is C18H18O4. The Labute approximate surface area is 129 Å². The van der Waals surface area contributed by atoms with Crippen LogP contribution in [0.4, 0.5) is 0 Å². The molecule has 0 aliphatic carbocycles. The van der Waals surface area contributed by atoms with E-state index in [0.717, 1.165) is 11.8 Å². The van der Waals surface area contributed by atoms with Gasteiger partial charge in [0.2, 0.25) is 0 Å². The summed E-state index contributed by atoms with van der Waals surface area (Å²) in [4.78, 5) is 22.7. The van der Waals surface area contributed by atoms with E-state index >= 15 is 0 Å². The lowest BCUT2D eigenvalue weighted by Gasteiger charge is -2.12. The average molecular weight is 298 g/mol. The minimum atomic E-state index is -0.369. The molecule has 0 saturated carbocycles. The second-order valence-corrected chi connectivity index (χ2v) is 5.03. The summed E-state index contributed by atoms with van der Waals surface area (Å²) in [6, 6.07) is 14.0. The zero-order valence-corrected chi connectivity index (χ0v) is 12.4. The van der Waals surface area contributed by atoms with Crippen LogP contribution in [0.25, 0.3) is 0 Å². The van der Waals surface area contributed by atoms with Crippen molar-refractivity contribution in [2.75, 3.05) is 7.11 Å². The number of carbonyl (C=O) groups is 2. The van der Waals surface area contributed by atoms with Crippen molar-refractivity contribution in [3.63, 3.8) is 0 Å². The summed E-state index contributed by atoms with van der Waals surface area (Å²) in [7, 11) is 1.34. The van der Waals surface area contributed by atoms with Crippen molar-refractivity contribution in [3.8, 4) is 5.75 Å². The van der Waals surface area contributed by atoms with Gasteiger partial charge in [-0.15, -0.1) is 0 Å². The van der Waals surface area contributed by atoms with Crippen molar-refractivity contribution in [2.24, 2.45) is 0 Å². The van der Waals surface area contributed by atoms with E-state index in [-0.39, 0.29) is 17.6 Å². The van der Waals surface area contributed by atoms with E-state index in [1.165, 1.54) is 7.11 Å². The topological polar surface area (TPSA) is 63.6 Å². The first-order valence-electron chi connectivity index (χ1n) is 7.06. The van der Waals surface area contributed by atoms with Crippen molar-refractivity contribution in [3.05, 3.63) is 65.2 Å². The number of aryl methyl sites for hydroxylation is 1. The highest BCUT2D eigenvalue weighted by molar-refractivity contribution is 5.89. The first-order chi connectivity index (χ1) is 10.7. The average Bonchev–Trinajstić information content (AvgIpc) is 2.56. The summed E-state index contributed by atoms with van der Waals surface area (Å²) >= 11 is 0. The second kappa shape index (κ2) is 7.41. The molecule has 0 bridgehead atoms. The Hall–Kier alpha value is -2.62. The number of aldehydes is 1. The highest BCUT2D eigenvalue weighted by Gasteiger charge is 2.14. The Morgan fingerprint density at radius 2 is 1.86 bits per heavy atom. The van der Waals surface area contributed by atoms with Crippen molar-refractivity contribution in [1.29, 1.82) is 0 Å². The van der Waals surface area contributed by atoms with Gasteiger partial charge in [-0.3, -0.25) is 0 Å². The monoisotopic (exact) mass is 298 g/mol. The fourth-order valence-corrected chi connectivity index (χ4v) is 2.35. The number of hydrogen-bond donors (Lipinski definition) is 1. The Balaban J connectivity index is 2.03. The Morgan fingerprint density at radius 3 is 2.45 bits per heavy atom. The van der Waals surface area contributed by atoms with Gasteiger partial charge in [0.15, 0.2) is 0 Å². The van der Waals surface area contributed by atoms with E-state index in [4.69, 9.17) is 0 Å². The second-order valence-electron chi connectivity index (χ2n) is 5.03. The number of methoxy groups -OCH3 is 1. The van der Waals surface area contributed by atoms with Crippen LogP contribution in [0.3, 0.4) is 0 Å². The summed E-state index contributed by atoms with van der Waals surface area (Å²) in [6.45, 7) is 0. The van der Waals surface area contributed by atoms with Gasteiger partial charge >= 0.3 is 5.97 Å². The highest BCUT2D eigenvalue weighted by atomic mass is 16.5. The molecule has 2 aromatic rings. The third kappa shape index (κ3) is 3.73.